The first kappa shape index (κ1) is 13.2. The van der Waals surface area contributed by atoms with E-state index in [0.29, 0.717) is 24.3 Å². The largest absolute Gasteiger partial charge is 0.462 e. The van der Waals surface area contributed by atoms with Crippen molar-refractivity contribution in [3.05, 3.63) is 29.8 Å². The zero-order chi connectivity index (χ0) is 12.7. The highest BCUT2D eigenvalue weighted by Gasteiger charge is 2.07. The van der Waals surface area contributed by atoms with Gasteiger partial charge in [-0.1, -0.05) is 13.8 Å². The summed E-state index contributed by atoms with van der Waals surface area (Å²) in [5.74, 6) is -0.226. The Morgan fingerprint density at radius 1 is 1.12 bits per heavy atom. The molecule has 0 heterocycles. The predicted molar refractivity (Wildman–Crippen MR) is 62.9 cm³/mol. The minimum absolute atomic E-state index is 0.300. The lowest BCUT2D eigenvalue weighted by atomic mass is 10.2. The van der Waals surface area contributed by atoms with E-state index in [1.807, 2.05) is 6.92 Å². The van der Waals surface area contributed by atoms with Gasteiger partial charge in [0.1, 0.15) is 5.75 Å². The Balaban J connectivity index is 2.61. The van der Waals surface area contributed by atoms with Gasteiger partial charge in [-0.2, -0.15) is 0 Å². The smallest absolute Gasteiger partial charge is 0.338 e. The fourth-order valence-electron chi connectivity index (χ4n) is 1.14. The second kappa shape index (κ2) is 6.68. The van der Waals surface area contributed by atoms with E-state index in [-0.39, 0.29) is 11.9 Å². The molecule has 1 rings (SSSR count). The van der Waals surface area contributed by atoms with Crippen LogP contribution in [-0.2, 0) is 9.53 Å². The van der Waals surface area contributed by atoms with Crippen LogP contribution >= 0.6 is 0 Å². The lowest BCUT2D eigenvalue weighted by Crippen LogP contribution is -2.07. The molecule has 0 atom stereocenters. The van der Waals surface area contributed by atoms with Crippen molar-refractivity contribution in [2.45, 2.75) is 26.7 Å². The zero-order valence-corrected chi connectivity index (χ0v) is 10.1. The second-order valence-electron chi connectivity index (χ2n) is 3.49. The predicted octanol–water partition coefficient (Wildman–Crippen LogP) is 2.57. The van der Waals surface area contributed by atoms with Gasteiger partial charge in [-0.15, -0.1) is 0 Å². The summed E-state index contributed by atoms with van der Waals surface area (Å²) in [6.07, 6.45) is 1.11. The molecule has 0 aliphatic rings. The highest BCUT2D eigenvalue weighted by Crippen LogP contribution is 2.13. The molecule has 0 bridgehead atoms. The quantitative estimate of drug-likeness (QED) is 0.582. The first-order valence-electron chi connectivity index (χ1n) is 5.65. The minimum atomic E-state index is -0.361. The molecule has 0 saturated carbocycles. The molecule has 1 aromatic carbocycles. The molecule has 4 nitrogen and oxygen atoms in total. The first-order valence-corrected chi connectivity index (χ1v) is 5.65. The third-order valence-corrected chi connectivity index (χ3v) is 2.05. The molecule has 0 aromatic heterocycles. The second-order valence-corrected chi connectivity index (χ2v) is 3.49. The van der Waals surface area contributed by atoms with E-state index in [0.717, 1.165) is 6.42 Å². The summed E-state index contributed by atoms with van der Waals surface area (Å²) in [4.78, 5) is 22.5. The third kappa shape index (κ3) is 4.26. The minimum Gasteiger partial charge on any atom is -0.462 e. The fourth-order valence-corrected chi connectivity index (χ4v) is 1.14. The molecule has 92 valence electrons. The number of esters is 2. The van der Waals surface area contributed by atoms with Crippen LogP contribution in [0, 0.1) is 0 Å². The summed E-state index contributed by atoms with van der Waals surface area (Å²) >= 11 is 0. The Kier molecular flexibility index (Phi) is 5.20. The van der Waals surface area contributed by atoms with Crippen molar-refractivity contribution < 1.29 is 19.1 Å². The molecule has 0 spiro atoms. The number of ether oxygens (including phenoxy) is 2. The molecule has 1 aromatic rings. The van der Waals surface area contributed by atoms with Gasteiger partial charge < -0.3 is 9.47 Å². The Labute approximate surface area is 101 Å². The van der Waals surface area contributed by atoms with E-state index in [1.165, 1.54) is 0 Å². The summed E-state index contributed by atoms with van der Waals surface area (Å²) in [7, 11) is 0. The molecular weight excluding hydrogens is 220 g/mol. The Morgan fingerprint density at radius 2 is 1.76 bits per heavy atom. The zero-order valence-electron chi connectivity index (χ0n) is 10.1. The Bertz CT molecular complexity index is 381. The molecule has 17 heavy (non-hydrogen) atoms. The Hall–Kier alpha value is -1.84. The van der Waals surface area contributed by atoms with Crippen molar-refractivity contribution in [2.24, 2.45) is 0 Å². The molecule has 4 heteroatoms. The summed E-state index contributed by atoms with van der Waals surface area (Å²) in [6, 6.07) is 6.32. The van der Waals surface area contributed by atoms with Gasteiger partial charge in [0.2, 0.25) is 0 Å². The van der Waals surface area contributed by atoms with E-state index < -0.39 is 0 Å². The molecule has 0 saturated heterocycles. The lowest BCUT2D eigenvalue weighted by molar-refractivity contribution is -0.134. The van der Waals surface area contributed by atoms with E-state index >= 15 is 0 Å². The van der Waals surface area contributed by atoms with Crippen molar-refractivity contribution >= 4 is 11.9 Å². The van der Waals surface area contributed by atoms with Crippen LogP contribution in [0.25, 0.3) is 0 Å². The molecule has 0 unspecified atom stereocenters. The van der Waals surface area contributed by atoms with E-state index in [4.69, 9.17) is 9.47 Å². The SMILES string of the molecule is CCCOC(=O)c1ccc(OC(=O)CC)cc1. The van der Waals surface area contributed by atoms with Gasteiger partial charge in [0.05, 0.1) is 12.2 Å². The maximum atomic E-state index is 11.5. The lowest BCUT2D eigenvalue weighted by Gasteiger charge is -2.05. The summed E-state index contributed by atoms with van der Waals surface area (Å²) < 4.78 is 9.96. The molecular formula is C13H16O4. The van der Waals surface area contributed by atoms with E-state index in [1.54, 1.807) is 31.2 Å². The van der Waals surface area contributed by atoms with Crippen LogP contribution in [0.4, 0.5) is 0 Å². The summed E-state index contributed by atoms with van der Waals surface area (Å²) in [6.45, 7) is 4.06. The number of rotatable bonds is 5. The van der Waals surface area contributed by atoms with Crippen molar-refractivity contribution in [3.63, 3.8) is 0 Å². The van der Waals surface area contributed by atoms with Crippen LogP contribution < -0.4 is 4.74 Å². The molecule has 0 fully saturated rings. The summed E-state index contributed by atoms with van der Waals surface area (Å²) in [5, 5.41) is 0. The van der Waals surface area contributed by atoms with E-state index in [9.17, 15) is 9.59 Å². The molecule has 0 aliphatic heterocycles. The van der Waals surface area contributed by atoms with Gasteiger partial charge in [0.25, 0.3) is 0 Å². The van der Waals surface area contributed by atoms with Crippen LogP contribution in [0.5, 0.6) is 5.75 Å². The number of benzene rings is 1. The highest BCUT2D eigenvalue weighted by molar-refractivity contribution is 5.89. The van der Waals surface area contributed by atoms with Crippen molar-refractivity contribution in [1.82, 2.24) is 0 Å². The maximum absolute atomic E-state index is 11.5. The number of hydrogen-bond acceptors (Lipinski definition) is 4. The van der Waals surface area contributed by atoms with Crippen LogP contribution in [0.15, 0.2) is 24.3 Å². The Morgan fingerprint density at radius 3 is 2.29 bits per heavy atom. The van der Waals surface area contributed by atoms with Gasteiger partial charge >= 0.3 is 11.9 Å². The third-order valence-electron chi connectivity index (χ3n) is 2.05. The number of carbonyl (C=O) groups is 2. The molecule has 0 N–H and O–H groups in total. The molecule has 0 radical (unpaired) electrons. The maximum Gasteiger partial charge on any atom is 0.338 e. The number of hydrogen-bond donors (Lipinski definition) is 0. The van der Waals surface area contributed by atoms with Crippen LogP contribution in [0.3, 0.4) is 0 Å². The van der Waals surface area contributed by atoms with Gasteiger partial charge in [-0.05, 0) is 30.7 Å². The average Bonchev–Trinajstić information content (AvgIpc) is 2.36. The fraction of sp³-hybridized carbons (Fsp3) is 0.385. The van der Waals surface area contributed by atoms with Gasteiger partial charge in [-0.3, -0.25) is 4.79 Å². The van der Waals surface area contributed by atoms with Gasteiger partial charge in [-0.25, -0.2) is 4.79 Å². The van der Waals surface area contributed by atoms with E-state index in [2.05, 4.69) is 0 Å². The normalized spacial score (nSPS) is 9.76. The highest BCUT2D eigenvalue weighted by atomic mass is 16.5. The molecule has 0 amide bonds. The van der Waals surface area contributed by atoms with Gasteiger partial charge in [0, 0.05) is 6.42 Å². The standard InChI is InChI=1S/C13H16O4/c1-3-9-16-13(15)10-5-7-11(8-6-10)17-12(14)4-2/h5-8H,3-4,9H2,1-2H3. The van der Waals surface area contributed by atoms with Crippen LogP contribution in [-0.4, -0.2) is 18.5 Å². The van der Waals surface area contributed by atoms with Crippen molar-refractivity contribution in [3.8, 4) is 5.75 Å². The number of carbonyl (C=O) groups excluding carboxylic acids is 2. The van der Waals surface area contributed by atoms with Crippen molar-refractivity contribution in [1.29, 1.82) is 0 Å². The van der Waals surface area contributed by atoms with Crippen molar-refractivity contribution in [2.75, 3.05) is 6.61 Å². The van der Waals surface area contributed by atoms with Gasteiger partial charge in [0.15, 0.2) is 0 Å². The summed E-state index contributed by atoms with van der Waals surface area (Å²) in [5.41, 5.74) is 0.453. The topological polar surface area (TPSA) is 52.6 Å². The monoisotopic (exact) mass is 236 g/mol. The van der Waals surface area contributed by atoms with Crippen LogP contribution in [0.2, 0.25) is 0 Å². The first-order chi connectivity index (χ1) is 8.17. The average molecular weight is 236 g/mol. The van der Waals surface area contributed by atoms with Crippen LogP contribution in [0.1, 0.15) is 37.0 Å². The molecule has 0 aliphatic carbocycles.